The Bertz CT molecular complexity index is 688. The maximum absolute atomic E-state index is 12.6. The molecule has 18 heavy (non-hydrogen) atoms. The summed E-state index contributed by atoms with van der Waals surface area (Å²) in [6.45, 7) is 3.46. The Labute approximate surface area is 109 Å². The largest absolute Gasteiger partial charge is 0.431 e. The summed E-state index contributed by atoms with van der Waals surface area (Å²) in [4.78, 5) is 14.1. The molecule has 0 aliphatic rings. The van der Waals surface area contributed by atoms with Gasteiger partial charge in [0, 0.05) is 15.9 Å². The first-order chi connectivity index (χ1) is 8.21. The molecule has 2 nitrogen and oxygen atoms in total. The minimum Gasteiger partial charge on any atom is -0.351 e. The molecule has 0 aliphatic heterocycles. The minimum absolute atomic E-state index is 0.202. The lowest BCUT2D eigenvalue weighted by Gasteiger charge is -2.11. The highest BCUT2D eigenvalue weighted by atomic mass is 79.9. The zero-order valence-electron chi connectivity index (χ0n) is 9.57. The normalized spacial score (nSPS) is 12.1. The highest BCUT2D eigenvalue weighted by molar-refractivity contribution is 9.10. The first-order valence-electron chi connectivity index (χ1n) is 5.11. The van der Waals surface area contributed by atoms with E-state index in [0.717, 1.165) is 10.0 Å². The molecule has 0 fully saturated rings. The smallest absolute Gasteiger partial charge is 0.351 e. The molecule has 2 rings (SSSR count). The van der Waals surface area contributed by atoms with Gasteiger partial charge in [0.2, 0.25) is 0 Å². The summed E-state index contributed by atoms with van der Waals surface area (Å²) in [6, 6.07) is 2.13. The number of alkyl halides is 3. The molecule has 96 valence electrons. The Morgan fingerprint density at radius 3 is 2.39 bits per heavy atom. The fourth-order valence-electron chi connectivity index (χ4n) is 1.91. The van der Waals surface area contributed by atoms with E-state index in [-0.39, 0.29) is 10.9 Å². The summed E-state index contributed by atoms with van der Waals surface area (Å²) in [5.41, 5.74) is -0.0432. The fraction of sp³-hybridized carbons (Fsp3) is 0.250. The second-order valence-electron chi connectivity index (χ2n) is 4.10. The van der Waals surface area contributed by atoms with Gasteiger partial charge in [-0.15, -0.1) is 0 Å². The summed E-state index contributed by atoms with van der Waals surface area (Å²) in [5, 5.41) is 0.278. The Morgan fingerprint density at radius 2 is 1.83 bits per heavy atom. The lowest BCUT2D eigenvalue weighted by molar-refractivity contribution is -0.141. The summed E-state index contributed by atoms with van der Waals surface area (Å²) < 4.78 is 38.5. The van der Waals surface area contributed by atoms with E-state index >= 15 is 0 Å². The lowest BCUT2D eigenvalue weighted by Crippen LogP contribution is -2.14. The molecule has 0 spiro atoms. The zero-order valence-corrected chi connectivity index (χ0v) is 11.2. The molecule has 1 aromatic carbocycles. The Morgan fingerprint density at radius 1 is 1.22 bits per heavy atom. The summed E-state index contributed by atoms with van der Waals surface area (Å²) in [6.07, 6.45) is -4.55. The van der Waals surface area contributed by atoms with Crippen molar-refractivity contribution in [1.82, 2.24) is 4.98 Å². The van der Waals surface area contributed by atoms with Gasteiger partial charge in [0.25, 0.3) is 0 Å². The van der Waals surface area contributed by atoms with Gasteiger partial charge in [-0.1, -0.05) is 15.9 Å². The van der Waals surface area contributed by atoms with E-state index in [2.05, 4.69) is 20.9 Å². The van der Waals surface area contributed by atoms with Crippen molar-refractivity contribution in [2.45, 2.75) is 20.0 Å². The molecule has 2 aromatic rings. The average molecular weight is 320 g/mol. The van der Waals surface area contributed by atoms with Gasteiger partial charge < -0.3 is 4.98 Å². The van der Waals surface area contributed by atoms with Crippen LogP contribution in [0, 0.1) is 13.8 Å². The molecule has 1 heterocycles. The summed E-state index contributed by atoms with van der Waals surface area (Å²) >= 11 is 3.32. The number of rotatable bonds is 0. The Hall–Kier alpha value is -1.30. The number of hydrogen-bond acceptors (Lipinski definition) is 1. The van der Waals surface area contributed by atoms with E-state index in [1.54, 1.807) is 13.8 Å². The molecule has 0 aliphatic carbocycles. The Kier molecular flexibility index (Phi) is 3.01. The first-order valence-corrected chi connectivity index (χ1v) is 5.91. The number of H-pyrrole nitrogens is 1. The molecular formula is C12H9BrF3NO. The van der Waals surface area contributed by atoms with E-state index in [4.69, 9.17) is 0 Å². The second kappa shape index (κ2) is 4.12. The molecule has 1 N–H and O–H groups in total. The van der Waals surface area contributed by atoms with Crippen LogP contribution < -0.4 is 5.43 Å². The van der Waals surface area contributed by atoms with Gasteiger partial charge in [0.15, 0.2) is 5.43 Å². The van der Waals surface area contributed by atoms with Crippen molar-refractivity contribution in [1.29, 1.82) is 0 Å². The van der Waals surface area contributed by atoms with Gasteiger partial charge in [-0.3, -0.25) is 4.79 Å². The predicted molar refractivity (Wildman–Crippen MR) is 66.7 cm³/mol. The van der Waals surface area contributed by atoms with E-state index in [0.29, 0.717) is 11.6 Å². The van der Waals surface area contributed by atoms with E-state index in [1.165, 1.54) is 6.07 Å². The van der Waals surface area contributed by atoms with Crippen molar-refractivity contribution in [2.24, 2.45) is 0 Å². The maximum atomic E-state index is 12.6. The molecule has 0 saturated heterocycles. The molecule has 1 aromatic heterocycles. The number of hydrogen-bond donors (Lipinski definition) is 1. The quantitative estimate of drug-likeness (QED) is 0.784. The van der Waals surface area contributed by atoms with Crippen molar-refractivity contribution < 1.29 is 13.2 Å². The third kappa shape index (κ3) is 2.05. The van der Waals surface area contributed by atoms with E-state index in [1.807, 2.05) is 0 Å². The number of fused-ring (bicyclic) bond motifs is 1. The standard InChI is InChI=1S/C12H9BrF3NO/c1-5-3-7-10(6(2)11(5)13)8(18)4-9(17-7)12(14,15)16/h3-4H,1-2H3,(H,17,18). The van der Waals surface area contributed by atoms with E-state index < -0.39 is 17.3 Å². The molecule has 0 unspecified atom stereocenters. The molecule has 0 amide bonds. The van der Waals surface area contributed by atoms with Gasteiger partial charge in [-0.2, -0.15) is 13.2 Å². The van der Waals surface area contributed by atoms with Gasteiger partial charge in [-0.25, -0.2) is 0 Å². The molecular weight excluding hydrogens is 311 g/mol. The number of aromatic amines is 1. The van der Waals surface area contributed by atoms with Crippen LogP contribution in [0.4, 0.5) is 13.2 Å². The van der Waals surface area contributed by atoms with Crippen LogP contribution in [-0.2, 0) is 6.18 Å². The summed E-state index contributed by atoms with van der Waals surface area (Å²) in [7, 11) is 0. The molecule has 0 radical (unpaired) electrons. The molecule has 0 atom stereocenters. The SMILES string of the molecule is Cc1cc2[nH]c(C(F)(F)F)cc(=O)c2c(C)c1Br. The van der Waals surface area contributed by atoms with Crippen LogP contribution in [0.2, 0.25) is 0 Å². The van der Waals surface area contributed by atoms with Crippen molar-refractivity contribution in [3.8, 4) is 0 Å². The molecule has 0 bridgehead atoms. The van der Waals surface area contributed by atoms with Gasteiger partial charge in [0.1, 0.15) is 5.69 Å². The van der Waals surface area contributed by atoms with Crippen molar-refractivity contribution >= 4 is 26.8 Å². The third-order valence-electron chi connectivity index (χ3n) is 2.78. The minimum atomic E-state index is -4.55. The zero-order chi connectivity index (χ0) is 13.7. The van der Waals surface area contributed by atoms with Gasteiger partial charge >= 0.3 is 6.18 Å². The number of pyridine rings is 1. The van der Waals surface area contributed by atoms with Gasteiger partial charge in [0.05, 0.1) is 5.52 Å². The monoisotopic (exact) mass is 319 g/mol. The van der Waals surface area contributed by atoms with Crippen LogP contribution in [-0.4, -0.2) is 4.98 Å². The van der Waals surface area contributed by atoms with Crippen LogP contribution in [0.15, 0.2) is 21.4 Å². The van der Waals surface area contributed by atoms with Crippen molar-refractivity contribution in [3.05, 3.63) is 43.6 Å². The molecule has 0 saturated carbocycles. The van der Waals surface area contributed by atoms with Crippen LogP contribution in [0.1, 0.15) is 16.8 Å². The average Bonchev–Trinajstić information content (AvgIpc) is 2.23. The second-order valence-corrected chi connectivity index (χ2v) is 4.89. The van der Waals surface area contributed by atoms with Crippen LogP contribution in [0.5, 0.6) is 0 Å². The highest BCUT2D eigenvalue weighted by Crippen LogP contribution is 2.30. The van der Waals surface area contributed by atoms with Crippen molar-refractivity contribution in [3.63, 3.8) is 0 Å². The highest BCUT2D eigenvalue weighted by Gasteiger charge is 2.32. The van der Waals surface area contributed by atoms with E-state index in [9.17, 15) is 18.0 Å². The number of aromatic nitrogens is 1. The topological polar surface area (TPSA) is 32.9 Å². The third-order valence-corrected chi connectivity index (χ3v) is 4.00. The Balaban J connectivity index is 2.92. The maximum Gasteiger partial charge on any atom is 0.431 e. The summed E-state index contributed by atoms with van der Waals surface area (Å²) in [5.74, 6) is 0. The van der Waals surface area contributed by atoms with Crippen LogP contribution in [0.25, 0.3) is 10.9 Å². The number of nitrogens with one attached hydrogen (secondary N) is 1. The number of aryl methyl sites for hydroxylation is 2. The molecule has 6 heteroatoms. The fourth-order valence-corrected chi connectivity index (χ4v) is 2.23. The van der Waals surface area contributed by atoms with Crippen LogP contribution >= 0.6 is 15.9 Å². The first kappa shape index (κ1) is 13.1. The van der Waals surface area contributed by atoms with Crippen LogP contribution in [0.3, 0.4) is 0 Å². The lowest BCUT2D eigenvalue weighted by atomic mass is 10.1. The van der Waals surface area contributed by atoms with Gasteiger partial charge in [-0.05, 0) is 31.0 Å². The number of halogens is 4. The number of benzene rings is 1. The van der Waals surface area contributed by atoms with Crippen molar-refractivity contribution in [2.75, 3.05) is 0 Å². The predicted octanol–water partition coefficient (Wildman–Crippen LogP) is 3.93.